The normalized spacial score (nSPS) is 10.9. The summed E-state index contributed by atoms with van der Waals surface area (Å²) in [6.45, 7) is 6.61. The Balaban J connectivity index is 2.37. The number of anilines is 1. The minimum absolute atomic E-state index is 0.806. The third kappa shape index (κ3) is 4.61. The van der Waals surface area contributed by atoms with Crippen LogP contribution in [-0.2, 0) is 0 Å². The van der Waals surface area contributed by atoms with E-state index in [0.717, 1.165) is 11.6 Å². The molecule has 2 heteroatoms. The summed E-state index contributed by atoms with van der Waals surface area (Å²) in [5, 5.41) is 0. The molecule has 0 spiro atoms. The third-order valence-electron chi connectivity index (χ3n) is 2.35. The number of hydrogen-bond acceptors (Lipinski definition) is 2. The Kier molecular flexibility index (Phi) is 5.03. The summed E-state index contributed by atoms with van der Waals surface area (Å²) in [5.41, 5.74) is 8.10. The Morgan fingerprint density at radius 2 is 2.07 bits per heavy atom. The minimum Gasteiger partial charge on any atom is -0.398 e. The van der Waals surface area contributed by atoms with Gasteiger partial charge in [-0.25, -0.2) is 0 Å². The van der Waals surface area contributed by atoms with Gasteiger partial charge in [0.15, 0.2) is 0 Å². The van der Waals surface area contributed by atoms with Crippen molar-refractivity contribution >= 4 is 17.4 Å². The lowest BCUT2D eigenvalue weighted by molar-refractivity contribution is 0.579. The van der Waals surface area contributed by atoms with E-state index in [4.69, 9.17) is 5.73 Å². The zero-order chi connectivity index (χ0) is 11.3. The fourth-order valence-electron chi connectivity index (χ4n) is 1.47. The second-order valence-corrected chi connectivity index (χ2v) is 5.56. The summed E-state index contributed by atoms with van der Waals surface area (Å²) in [7, 11) is 0. The number of nitrogen functional groups attached to an aromatic ring is 1. The zero-order valence-corrected chi connectivity index (χ0v) is 10.7. The third-order valence-corrected chi connectivity index (χ3v) is 3.52. The molecule has 2 N–H and O–H groups in total. The maximum absolute atomic E-state index is 5.94. The van der Waals surface area contributed by atoms with Gasteiger partial charge in [-0.3, -0.25) is 0 Å². The van der Waals surface area contributed by atoms with Gasteiger partial charge in [0.25, 0.3) is 0 Å². The maximum Gasteiger partial charge on any atom is 0.0454 e. The molecule has 0 aliphatic rings. The first-order valence-corrected chi connectivity index (χ1v) is 6.57. The molecule has 0 radical (unpaired) electrons. The SMILES string of the molecule is Cc1ccc(SCCCC(C)C)c(N)c1. The van der Waals surface area contributed by atoms with Gasteiger partial charge < -0.3 is 5.73 Å². The Morgan fingerprint density at radius 3 is 2.67 bits per heavy atom. The van der Waals surface area contributed by atoms with Gasteiger partial charge in [0.2, 0.25) is 0 Å². The molecule has 15 heavy (non-hydrogen) atoms. The van der Waals surface area contributed by atoms with E-state index < -0.39 is 0 Å². The van der Waals surface area contributed by atoms with Crippen molar-refractivity contribution in [3.8, 4) is 0 Å². The lowest BCUT2D eigenvalue weighted by atomic mass is 10.1. The molecule has 0 atom stereocenters. The highest BCUT2D eigenvalue weighted by Gasteiger charge is 2.00. The fraction of sp³-hybridized carbons (Fsp3) is 0.538. The van der Waals surface area contributed by atoms with Gasteiger partial charge >= 0.3 is 0 Å². The number of thioether (sulfide) groups is 1. The van der Waals surface area contributed by atoms with Crippen molar-refractivity contribution in [1.82, 2.24) is 0 Å². The predicted molar refractivity (Wildman–Crippen MR) is 70.4 cm³/mol. The fourth-order valence-corrected chi connectivity index (χ4v) is 2.39. The van der Waals surface area contributed by atoms with E-state index >= 15 is 0 Å². The molecule has 0 saturated carbocycles. The molecule has 0 saturated heterocycles. The van der Waals surface area contributed by atoms with Crippen LogP contribution in [0.1, 0.15) is 32.3 Å². The van der Waals surface area contributed by atoms with Gasteiger partial charge in [-0.2, -0.15) is 0 Å². The van der Waals surface area contributed by atoms with Crippen LogP contribution in [0.3, 0.4) is 0 Å². The van der Waals surface area contributed by atoms with Crippen LogP contribution in [0.25, 0.3) is 0 Å². The van der Waals surface area contributed by atoms with Crippen molar-refractivity contribution in [2.75, 3.05) is 11.5 Å². The largest absolute Gasteiger partial charge is 0.398 e. The highest BCUT2D eigenvalue weighted by molar-refractivity contribution is 7.99. The second kappa shape index (κ2) is 6.06. The minimum atomic E-state index is 0.806. The summed E-state index contributed by atoms with van der Waals surface area (Å²) >= 11 is 1.87. The Hall–Kier alpha value is -0.630. The number of benzene rings is 1. The van der Waals surface area contributed by atoms with E-state index in [1.807, 2.05) is 17.8 Å². The number of hydrogen-bond donors (Lipinski definition) is 1. The monoisotopic (exact) mass is 223 g/mol. The van der Waals surface area contributed by atoms with Gasteiger partial charge in [-0.05, 0) is 42.7 Å². The molecule has 1 aromatic rings. The molecule has 1 rings (SSSR count). The second-order valence-electron chi connectivity index (χ2n) is 4.43. The number of rotatable bonds is 5. The summed E-state index contributed by atoms with van der Waals surface area (Å²) in [6.07, 6.45) is 2.58. The first-order valence-electron chi connectivity index (χ1n) is 5.58. The predicted octanol–water partition coefficient (Wildman–Crippen LogP) is 4.11. The van der Waals surface area contributed by atoms with Crippen LogP contribution in [0.5, 0.6) is 0 Å². The van der Waals surface area contributed by atoms with Gasteiger partial charge in [-0.15, -0.1) is 11.8 Å². The Morgan fingerprint density at radius 1 is 1.33 bits per heavy atom. The smallest absolute Gasteiger partial charge is 0.0454 e. The molecule has 0 amide bonds. The molecular formula is C13H21NS. The zero-order valence-electron chi connectivity index (χ0n) is 9.92. The Labute approximate surface area is 97.4 Å². The average molecular weight is 223 g/mol. The standard InChI is InChI=1S/C13H21NS/c1-10(2)5-4-8-15-13-7-6-11(3)9-12(13)14/h6-7,9-10H,4-5,8,14H2,1-3H3. The van der Waals surface area contributed by atoms with Crippen LogP contribution in [0.4, 0.5) is 5.69 Å². The molecule has 1 nitrogen and oxygen atoms in total. The van der Waals surface area contributed by atoms with Gasteiger partial charge in [0.1, 0.15) is 0 Å². The molecule has 0 aliphatic carbocycles. The van der Waals surface area contributed by atoms with E-state index in [0.29, 0.717) is 0 Å². The lowest BCUT2D eigenvalue weighted by Crippen LogP contribution is -1.92. The van der Waals surface area contributed by atoms with Crippen LogP contribution < -0.4 is 5.73 Å². The summed E-state index contributed by atoms with van der Waals surface area (Å²) in [4.78, 5) is 1.23. The molecule has 0 bridgehead atoms. The van der Waals surface area contributed by atoms with Crippen molar-refractivity contribution in [3.05, 3.63) is 23.8 Å². The van der Waals surface area contributed by atoms with E-state index in [1.165, 1.54) is 29.1 Å². The van der Waals surface area contributed by atoms with Gasteiger partial charge in [0, 0.05) is 10.6 Å². The molecule has 0 fully saturated rings. The van der Waals surface area contributed by atoms with E-state index in [9.17, 15) is 0 Å². The highest BCUT2D eigenvalue weighted by Crippen LogP contribution is 2.26. The average Bonchev–Trinajstić information content (AvgIpc) is 2.14. The first-order chi connectivity index (χ1) is 7.09. The number of aryl methyl sites for hydroxylation is 1. The van der Waals surface area contributed by atoms with Crippen molar-refractivity contribution in [2.24, 2.45) is 5.92 Å². The summed E-state index contributed by atoms with van der Waals surface area (Å²) in [6, 6.07) is 6.30. The van der Waals surface area contributed by atoms with Crippen LogP contribution in [-0.4, -0.2) is 5.75 Å². The van der Waals surface area contributed by atoms with Gasteiger partial charge in [0.05, 0.1) is 0 Å². The molecule has 1 aromatic carbocycles. The van der Waals surface area contributed by atoms with E-state index in [2.05, 4.69) is 32.9 Å². The topological polar surface area (TPSA) is 26.0 Å². The van der Waals surface area contributed by atoms with Crippen molar-refractivity contribution in [1.29, 1.82) is 0 Å². The highest BCUT2D eigenvalue weighted by atomic mass is 32.2. The summed E-state index contributed by atoms with van der Waals surface area (Å²) in [5.74, 6) is 1.98. The molecule has 84 valence electrons. The van der Waals surface area contributed by atoms with E-state index in [-0.39, 0.29) is 0 Å². The molecule has 0 unspecified atom stereocenters. The summed E-state index contributed by atoms with van der Waals surface area (Å²) < 4.78 is 0. The molecule has 0 heterocycles. The quantitative estimate of drug-likeness (QED) is 0.462. The lowest BCUT2D eigenvalue weighted by Gasteiger charge is -2.07. The Bertz CT molecular complexity index is 307. The van der Waals surface area contributed by atoms with Crippen molar-refractivity contribution < 1.29 is 0 Å². The molecule has 0 aliphatic heterocycles. The van der Waals surface area contributed by atoms with Crippen LogP contribution in [0, 0.1) is 12.8 Å². The van der Waals surface area contributed by atoms with Crippen LogP contribution in [0.15, 0.2) is 23.1 Å². The van der Waals surface area contributed by atoms with Crippen molar-refractivity contribution in [2.45, 2.75) is 38.5 Å². The van der Waals surface area contributed by atoms with Crippen LogP contribution in [0.2, 0.25) is 0 Å². The van der Waals surface area contributed by atoms with Crippen molar-refractivity contribution in [3.63, 3.8) is 0 Å². The van der Waals surface area contributed by atoms with E-state index in [1.54, 1.807) is 0 Å². The van der Waals surface area contributed by atoms with Gasteiger partial charge in [-0.1, -0.05) is 26.3 Å². The van der Waals surface area contributed by atoms with Crippen LogP contribution >= 0.6 is 11.8 Å². The number of nitrogens with two attached hydrogens (primary N) is 1. The molecule has 0 aromatic heterocycles. The maximum atomic E-state index is 5.94. The first kappa shape index (κ1) is 12.4. The molecular weight excluding hydrogens is 202 g/mol.